The number of nitrogens with zero attached hydrogens (tertiary/aromatic N) is 1. The van der Waals surface area contributed by atoms with Crippen LogP contribution in [0.5, 0.6) is 5.75 Å². The number of halogens is 1. The van der Waals surface area contributed by atoms with Gasteiger partial charge in [0.2, 0.25) is 5.43 Å². The molecule has 0 saturated heterocycles. The Balaban J connectivity index is 1.76. The van der Waals surface area contributed by atoms with E-state index in [0.717, 1.165) is 42.2 Å². The van der Waals surface area contributed by atoms with E-state index in [4.69, 9.17) is 4.74 Å². The molecule has 2 heterocycles. The van der Waals surface area contributed by atoms with Crippen molar-refractivity contribution in [1.82, 2.24) is 4.57 Å². The average molecular weight is 443 g/mol. The molecule has 2 N–H and O–H groups in total. The fourth-order valence-corrected chi connectivity index (χ4v) is 5.64. The Morgan fingerprint density at radius 1 is 1.32 bits per heavy atom. The van der Waals surface area contributed by atoms with Crippen molar-refractivity contribution in [3.8, 4) is 16.2 Å². The van der Waals surface area contributed by atoms with E-state index >= 15 is 4.39 Å². The second kappa shape index (κ2) is 7.46. The third kappa shape index (κ3) is 3.25. The van der Waals surface area contributed by atoms with E-state index in [9.17, 15) is 19.8 Å². The van der Waals surface area contributed by atoms with Crippen LogP contribution in [0, 0.1) is 5.82 Å². The number of rotatable bonds is 4. The van der Waals surface area contributed by atoms with E-state index in [1.807, 2.05) is 6.07 Å². The van der Waals surface area contributed by atoms with Gasteiger partial charge in [0.1, 0.15) is 11.4 Å². The van der Waals surface area contributed by atoms with E-state index in [1.165, 1.54) is 17.5 Å². The van der Waals surface area contributed by atoms with Gasteiger partial charge in [-0.05, 0) is 56.7 Å². The minimum Gasteiger partial charge on any atom is -0.505 e. The molecule has 1 saturated carbocycles. The zero-order valence-corrected chi connectivity index (χ0v) is 17.8. The number of fused-ring (bicyclic) bond motifs is 2. The minimum atomic E-state index is -0.757. The average Bonchev–Trinajstić information content (AvgIpc) is 3.48. The van der Waals surface area contributed by atoms with Gasteiger partial charge in [-0.25, -0.2) is 9.18 Å². The van der Waals surface area contributed by atoms with Crippen LogP contribution in [-0.4, -0.2) is 27.4 Å². The van der Waals surface area contributed by atoms with Crippen molar-refractivity contribution in [2.45, 2.75) is 51.2 Å². The number of hydrogen-bond acceptors (Lipinski definition) is 6. The SMILES string of the molecule is CCOC(=O)c1cn(C2CC2)c2c(O)c(-c3cc4c(s3)C(O)CCC4)c(F)cc2c1=O. The van der Waals surface area contributed by atoms with Gasteiger partial charge in [0.05, 0.1) is 29.2 Å². The van der Waals surface area contributed by atoms with Crippen molar-refractivity contribution >= 4 is 28.2 Å². The molecule has 1 unspecified atom stereocenters. The zero-order chi connectivity index (χ0) is 21.9. The van der Waals surface area contributed by atoms with Gasteiger partial charge >= 0.3 is 5.97 Å². The molecule has 162 valence electrons. The standard InChI is InChI=1S/C23H22FNO5S/c1-2-30-23(29)14-10-25(12-6-7-12)19-13(20(14)27)9-15(24)18(21(19)28)17-8-11-4-3-5-16(26)22(11)31-17/h8-10,12,16,26,28H,2-7H2,1H3. The smallest absolute Gasteiger partial charge is 0.343 e. The van der Waals surface area contributed by atoms with Crippen molar-refractivity contribution in [2.75, 3.05) is 6.61 Å². The Kier molecular flexibility index (Phi) is 4.86. The van der Waals surface area contributed by atoms with Crippen LogP contribution in [0.3, 0.4) is 0 Å². The zero-order valence-electron chi connectivity index (χ0n) is 17.0. The number of pyridine rings is 1. The summed E-state index contributed by atoms with van der Waals surface area (Å²) in [6.45, 7) is 1.76. The van der Waals surface area contributed by atoms with Crippen molar-refractivity contribution in [3.63, 3.8) is 0 Å². The summed E-state index contributed by atoms with van der Waals surface area (Å²) in [7, 11) is 0. The molecule has 1 atom stereocenters. The van der Waals surface area contributed by atoms with E-state index in [1.54, 1.807) is 11.5 Å². The van der Waals surface area contributed by atoms with Crippen LogP contribution in [0.4, 0.5) is 4.39 Å². The number of esters is 1. The maximum Gasteiger partial charge on any atom is 0.343 e. The quantitative estimate of drug-likeness (QED) is 0.582. The highest BCUT2D eigenvalue weighted by molar-refractivity contribution is 7.15. The number of hydrogen-bond donors (Lipinski definition) is 2. The number of aliphatic hydroxyl groups is 1. The summed E-state index contributed by atoms with van der Waals surface area (Å²) in [6.07, 6.45) is 4.84. The Hall–Kier alpha value is -2.71. The summed E-state index contributed by atoms with van der Waals surface area (Å²) in [4.78, 5) is 26.6. The highest BCUT2D eigenvalue weighted by Gasteiger charge is 2.31. The molecule has 1 aromatic carbocycles. The monoisotopic (exact) mass is 443 g/mol. The maximum atomic E-state index is 15.3. The van der Waals surface area contributed by atoms with Crippen LogP contribution in [0.1, 0.15) is 65.6 Å². The summed E-state index contributed by atoms with van der Waals surface area (Å²) in [6, 6.07) is 2.95. The number of carbonyl (C=O) groups is 1. The Morgan fingerprint density at radius 3 is 2.77 bits per heavy atom. The molecule has 1 fully saturated rings. The number of aromatic nitrogens is 1. The molecular weight excluding hydrogens is 421 g/mol. The maximum absolute atomic E-state index is 15.3. The lowest BCUT2D eigenvalue weighted by molar-refractivity contribution is 0.0524. The number of aromatic hydroxyl groups is 1. The fraction of sp³-hybridized carbons (Fsp3) is 0.391. The van der Waals surface area contributed by atoms with Crippen LogP contribution in [0.15, 0.2) is 23.1 Å². The first-order valence-corrected chi connectivity index (χ1v) is 11.3. The Morgan fingerprint density at radius 2 is 2.10 bits per heavy atom. The van der Waals surface area contributed by atoms with Crippen LogP contribution >= 0.6 is 11.3 Å². The van der Waals surface area contributed by atoms with Gasteiger partial charge in [-0.1, -0.05) is 0 Å². The number of ether oxygens (including phenoxy) is 1. The highest BCUT2D eigenvalue weighted by Crippen LogP contribution is 2.47. The van der Waals surface area contributed by atoms with Gasteiger partial charge in [0.25, 0.3) is 0 Å². The summed E-state index contributed by atoms with van der Waals surface area (Å²) < 4.78 is 21.9. The number of aryl methyl sites for hydroxylation is 1. The van der Waals surface area contributed by atoms with Gasteiger partial charge in [-0.15, -0.1) is 11.3 Å². The van der Waals surface area contributed by atoms with Crippen LogP contribution in [0.25, 0.3) is 21.3 Å². The summed E-state index contributed by atoms with van der Waals surface area (Å²) in [5.74, 6) is -1.81. The predicted molar refractivity (Wildman–Crippen MR) is 115 cm³/mol. The van der Waals surface area contributed by atoms with Gasteiger partial charge < -0.3 is 19.5 Å². The van der Waals surface area contributed by atoms with Crippen molar-refractivity contribution in [3.05, 3.63) is 50.4 Å². The van der Waals surface area contributed by atoms with Gasteiger partial charge in [0.15, 0.2) is 5.75 Å². The first kappa shape index (κ1) is 20.2. The molecular formula is C23H22FNO5S. The fourth-order valence-electron chi connectivity index (χ4n) is 4.36. The first-order valence-electron chi connectivity index (χ1n) is 10.5. The molecule has 5 rings (SSSR count). The third-order valence-electron chi connectivity index (χ3n) is 5.99. The summed E-state index contributed by atoms with van der Waals surface area (Å²) in [5.41, 5.74) is 0.394. The molecule has 0 bridgehead atoms. The Bertz CT molecular complexity index is 1270. The number of aliphatic hydroxyl groups excluding tert-OH is 1. The molecule has 0 spiro atoms. The second-order valence-electron chi connectivity index (χ2n) is 8.12. The normalized spacial score (nSPS) is 18.2. The number of benzene rings is 1. The third-order valence-corrected chi connectivity index (χ3v) is 7.29. The van der Waals surface area contributed by atoms with Gasteiger partial charge in [-0.2, -0.15) is 0 Å². The highest BCUT2D eigenvalue weighted by atomic mass is 32.1. The topological polar surface area (TPSA) is 88.8 Å². The number of carbonyl (C=O) groups excluding carboxylic acids is 1. The molecule has 31 heavy (non-hydrogen) atoms. The lowest BCUT2D eigenvalue weighted by Gasteiger charge is -2.16. The molecule has 2 aliphatic carbocycles. The van der Waals surface area contributed by atoms with E-state index in [-0.39, 0.29) is 40.4 Å². The van der Waals surface area contributed by atoms with E-state index in [2.05, 4.69) is 0 Å². The summed E-state index contributed by atoms with van der Waals surface area (Å²) in [5, 5.41) is 21.4. The molecule has 0 amide bonds. The number of phenols is 1. The molecule has 6 nitrogen and oxygen atoms in total. The predicted octanol–water partition coefficient (Wildman–Crippen LogP) is 4.46. The van der Waals surface area contributed by atoms with Gasteiger partial charge in [0, 0.05) is 22.0 Å². The van der Waals surface area contributed by atoms with E-state index in [0.29, 0.717) is 11.3 Å². The lowest BCUT2D eigenvalue weighted by Crippen LogP contribution is -2.21. The molecule has 2 aromatic heterocycles. The Labute approximate surface area is 181 Å². The number of thiophene rings is 1. The lowest BCUT2D eigenvalue weighted by atomic mass is 9.96. The van der Waals surface area contributed by atoms with Crippen molar-refractivity contribution in [1.29, 1.82) is 0 Å². The number of phenolic OH excluding ortho intramolecular Hbond substituents is 1. The molecule has 2 aliphatic rings. The van der Waals surface area contributed by atoms with Gasteiger partial charge in [-0.3, -0.25) is 4.79 Å². The summed E-state index contributed by atoms with van der Waals surface area (Å²) >= 11 is 1.27. The van der Waals surface area contributed by atoms with Crippen molar-refractivity contribution < 1.29 is 24.1 Å². The molecule has 8 heteroatoms. The molecule has 0 aliphatic heterocycles. The van der Waals surface area contributed by atoms with E-state index < -0.39 is 23.3 Å². The molecule has 3 aromatic rings. The second-order valence-corrected chi connectivity index (χ2v) is 9.20. The minimum absolute atomic E-state index is 0.0248. The largest absolute Gasteiger partial charge is 0.505 e. The van der Waals surface area contributed by atoms with Crippen molar-refractivity contribution in [2.24, 2.45) is 0 Å². The molecule has 0 radical (unpaired) electrons. The first-order chi connectivity index (χ1) is 14.9. The van der Waals surface area contributed by atoms with Crippen LogP contribution < -0.4 is 5.43 Å². The van der Waals surface area contributed by atoms with Crippen LogP contribution in [0.2, 0.25) is 0 Å². The van der Waals surface area contributed by atoms with Crippen LogP contribution in [-0.2, 0) is 11.2 Å².